The number of oxazole rings is 1. The fraction of sp³-hybridized carbons (Fsp3) is 0.231. The second kappa shape index (κ2) is 5.30. The number of esters is 1. The molecule has 4 nitrogen and oxygen atoms in total. The van der Waals surface area contributed by atoms with E-state index in [1.54, 1.807) is 6.92 Å². The van der Waals surface area contributed by atoms with Gasteiger partial charge >= 0.3 is 5.97 Å². The molecule has 88 valence electrons. The molecule has 0 aliphatic carbocycles. The summed E-state index contributed by atoms with van der Waals surface area (Å²) in [6, 6.07) is 9.76. The number of carbonyl (C=O) groups is 1. The largest absolute Gasteiger partial charge is 0.461 e. The van der Waals surface area contributed by atoms with Gasteiger partial charge in [0, 0.05) is 6.42 Å². The molecule has 1 heterocycles. The van der Waals surface area contributed by atoms with Crippen LogP contribution in [0.5, 0.6) is 0 Å². The number of rotatable bonds is 4. The first kappa shape index (κ1) is 11.4. The van der Waals surface area contributed by atoms with Gasteiger partial charge in [-0.3, -0.25) is 0 Å². The summed E-state index contributed by atoms with van der Waals surface area (Å²) in [7, 11) is 0. The molecule has 0 bridgehead atoms. The van der Waals surface area contributed by atoms with Crippen LogP contribution in [-0.4, -0.2) is 17.6 Å². The standard InChI is InChI=1S/C13H13NO3/c1-2-16-13(15)12-11(17-9-14-12)8-10-6-4-3-5-7-10/h3-7,9H,2,8H2,1H3. The summed E-state index contributed by atoms with van der Waals surface area (Å²) in [5.41, 5.74) is 1.32. The highest BCUT2D eigenvalue weighted by Crippen LogP contribution is 2.14. The van der Waals surface area contributed by atoms with Gasteiger partial charge in [0.15, 0.2) is 12.1 Å². The molecule has 0 fully saturated rings. The number of benzene rings is 1. The van der Waals surface area contributed by atoms with Crippen molar-refractivity contribution < 1.29 is 13.9 Å². The van der Waals surface area contributed by atoms with Gasteiger partial charge in [0.05, 0.1) is 6.61 Å². The molecule has 0 saturated heterocycles. The topological polar surface area (TPSA) is 52.3 Å². The highest BCUT2D eigenvalue weighted by Gasteiger charge is 2.17. The monoisotopic (exact) mass is 231 g/mol. The third-order valence-corrected chi connectivity index (χ3v) is 2.32. The van der Waals surface area contributed by atoms with E-state index in [0.29, 0.717) is 18.8 Å². The fourth-order valence-electron chi connectivity index (χ4n) is 1.54. The van der Waals surface area contributed by atoms with E-state index >= 15 is 0 Å². The first-order valence-electron chi connectivity index (χ1n) is 5.44. The third-order valence-electron chi connectivity index (χ3n) is 2.32. The Morgan fingerprint density at radius 3 is 2.82 bits per heavy atom. The number of hydrogen-bond donors (Lipinski definition) is 0. The lowest BCUT2D eigenvalue weighted by molar-refractivity contribution is 0.0518. The van der Waals surface area contributed by atoms with E-state index in [2.05, 4.69) is 4.98 Å². The lowest BCUT2D eigenvalue weighted by atomic mass is 10.1. The van der Waals surface area contributed by atoms with E-state index in [0.717, 1.165) is 5.56 Å². The van der Waals surface area contributed by atoms with Gasteiger partial charge in [-0.1, -0.05) is 30.3 Å². The Labute approximate surface area is 99.2 Å². The summed E-state index contributed by atoms with van der Waals surface area (Å²) in [6.45, 7) is 2.09. The van der Waals surface area contributed by atoms with E-state index in [1.165, 1.54) is 6.39 Å². The van der Waals surface area contributed by atoms with Crippen molar-refractivity contribution in [2.75, 3.05) is 6.61 Å². The molecule has 0 radical (unpaired) electrons. The molecule has 4 heteroatoms. The molecule has 0 amide bonds. The maximum absolute atomic E-state index is 11.6. The van der Waals surface area contributed by atoms with Crippen LogP contribution in [-0.2, 0) is 11.2 Å². The van der Waals surface area contributed by atoms with Crippen LogP contribution >= 0.6 is 0 Å². The van der Waals surface area contributed by atoms with E-state index in [9.17, 15) is 4.79 Å². The van der Waals surface area contributed by atoms with Crippen LogP contribution in [0.15, 0.2) is 41.1 Å². The Morgan fingerprint density at radius 2 is 2.12 bits per heavy atom. The average Bonchev–Trinajstić information content (AvgIpc) is 2.79. The minimum absolute atomic E-state index is 0.260. The molecule has 0 aliphatic rings. The van der Waals surface area contributed by atoms with Crippen LogP contribution in [0.4, 0.5) is 0 Å². The predicted molar refractivity (Wildman–Crippen MR) is 61.7 cm³/mol. The minimum Gasteiger partial charge on any atom is -0.461 e. The molecule has 1 aromatic carbocycles. The Hall–Kier alpha value is -2.10. The van der Waals surface area contributed by atoms with Gasteiger partial charge in [-0.05, 0) is 12.5 Å². The van der Waals surface area contributed by atoms with Crippen molar-refractivity contribution in [3.63, 3.8) is 0 Å². The molecular formula is C13H13NO3. The first-order chi connectivity index (χ1) is 8.31. The van der Waals surface area contributed by atoms with E-state index < -0.39 is 5.97 Å². The maximum Gasteiger partial charge on any atom is 0.360 e. The number of aromatic nitrogens is 1. The van der Waals surface area contributed by atoms with Gasteiger partial charge in [-0.15, -0.1) is 0 Å². The van der Waals surface area contributed by atoms with Gasteiger partial charge in [0.1, 0.15) is 5.76 Å². The van der Waals surface area contributed by atoms with Crippen LogP contribution < -0.4 is 0 Å². The van der Waals surface area contributed by atoms with Crippen LogP contribution in [0.2, 0.25) is 0 Å². The molecule has 0 N–H and O–H groups in total. The Bertz CT molecular complexity index is 490. The normalized spacial score (nSPS) is 10.2. The van der Waals surface area contributed by atoms with Crippen LogP contribution in [0.25, 0.3) is 0 Å². The summed E-state index contributed by atoms with van der Waals surface area (Å²) in [5, 5.41) is 0. The first-order valence-corrected chi connectivity index (χ1v) is 5.44. The average molecular weight is 231 g/mol. The molecule has 0 spiro atoms. The highest BCUT2D eigenvalue weighted by atomic mass is 16.5. The van der Waals surface area contributed by atoms with Crippen molar-refractivity contribution in [1.29, 1.82) is 0 Å². The van der Waals surface area contributed by atoms with Crippen molar-refractivity contribution in [1.82, 2.24) is 4.98 Å². The summed E-state index contributed by atoms with van der Waals surface area (Å²) in [6.07, 6.45) is 1.81. The summed E-state index contributed by atoms with van der Waals surface area (Å²) in [4.78, 5) is 15.5. The number of hydrogen-bond acceptors (Lipinski definition) is 4. The van der Waals surface area contributed by atoms with Gasteiger partial charge in [0.2, 0.25) is 0 Å². The van der Waals surface area contributed by atoms with Crippen molar-refractivity contribution in [2.24, 2.45) is 0 Å². The number of ether oxygens (including phenoxy) is 1. The van der Waals surface area contributed by atoms with Gasteiger partial charge in [-0.25, -0.2) is 9.78 Å². The Kier molecular flexibility index (Phi) is 3.55. The maximum atomic E-state index is 11.6. The fourth-order valence-corrected chi connectivity index (χ4v) is 1.54. The molecule has 2 aromatic rings. The number of nitrogens with zero attached hydrogens (tertiary/aromatic N) is 1. The van der Waals surface area contributed by atoms with E-state index in [-0.39, 0.29) is 5.69 Å². The number of carbonyl (C=O) groups excluding carboxylic acids is 1. The lowest BCUT2D eigenvalue weighted by Gasteiger charge is -2.01. The second-order valence-electron chi connectivity index (χ2n) is 3.51. The van der Waals surface area contributed by atoms with Crippen LogP contribution in [0, 0.1) is 0 Å². The van der Waals surface area contributed by atoms with Crippen molar-refractivity contribution in [3.05, 3.63) is 53.7 Å². The van der Waals surface area contributed by atoms with Crippen LogP contribution in [0.3, 0.4) is 0 Å². The predicted octanol–water partition coefficient (Wildman–Crippen LogP) is 2.44. The second-order valence-corrected chi connectivity index (χ2v) is 3.51. The summed E-state index contributed by atoms with van der Waals surface area (Å²) in [5.74, 6) is 0.0989. The van der Waals surface area contributed by atoms with Gasteiger partial charge < -0.3 is 9.15 Å². The molecule has 0 saturated carbocycles. The van der Waals surface area contributed by atoms with Gasteiger partial charge in [0.25, 0.3) is 0 Å². The molecule has 0 unspecified atom stereocenters. The summed E-state index contributed by atoms with van der Waals surface area (Å²) >= 11 is 0. The van der Waals surface area contributed by atoms with Crippen molar-refractivity contribution in [2.45, 2.75) is 13.3 Å². The minimum atomic E-state index is -0.438. The van der Waals surface area contributed by atoms with Crippen LogP contribution in [0.1, 0.15) is 28.7 Å². The zero-order valence-corrected chi connectivity index (χ0v) is 9.55. The Morgan fingerprint density at radius 1 is 1.35 bits per heavy atom. The van der Waals surface area contributed by atoms with E-state index in [4.69, 9.17) is 9.15 Å². The highest BCUT2D eigenvalue weighted by molar-refractivity contribution is 5.88. The molecule has 2 rings (SSSR count). The molecule has 17 heavy (non-hydrogen) atoms. The Balaban J connectivity index is 2.17. The molecule has 0 aliphatic heterocycles. The quantitative estimate of drug-likeness (QED) is 0.758. The molecular weight excluding hydrogens is 218 g/mol. The van der Waals surface area contributed by atoms with Crippen molar-refractivity contribution >= 4 is 5.97 Å². The molecule has 1 aromatic heterocycles. The third kappa shape index (κ3) is 2.72. The summed E-state index contributed by atoms with van der Waals surface area (Å²) < 4.78 is 10.1. The SMILES string of the molecule is CCOC(=O)c1ncoc1Cc1ccccc1. The van der Waals surface area contributed by atoms with E-state index in [1.807, 2.05) is 30.3 Å². The smallest absolute Gasteiger partial charge is 0.360 e. The zero-order chi connectivity index (χ0) is 12.1. The zero-order valence-electron chi connectivity index (χ0n) is 9.55. The molecule has 0 atom stereocenters. The lowest BCUT2D eigenvalue weighted by Crippen LogP contribution is -2.08. The van der Waals surface area contributed by atoms with Gasteiger partial charge in [-0.2, -0.15) is 0 Å². The van der Waals surface area contributed by atoms with Crippen molar-refractivity contribution in [3.8, 4) is 0 Å².